The number of nitrogens with one attached hydrogen (secondary N) is 2. The molecule has 0 aromatic heterocycles. The molecule has 5 heteroatoms. The predicted octanol–water partition coefficient (Wildman–Crippen LogP) is 0.405. The predicted molar refractivity (Wildman–Crippen MR) is 69.0 cm³/mol. The molecule has 0 spiro atoms. The number of hydrogen-bond acceptors (Lipinski definition) is 3. The van der Waals surface area contributed by atoms with Gasteiger partial charge in [0.2, 0.25) is 11.8 Å². The van der Waals surface area contributed by atoms with Crippen LogP contribution in [0.3, 0.4) is 0 Å². The van der Waals surface area contributed by atoms with Crippen LogP contribution in [-0.4, -0.2) is 24.4 Å². The molecular weight excluding hydrogens is 230 g/mol. The summed E-state index contributed by atoms with van der Waals surface area (Å²) in [6, 6.07) is 7.09. The van der Waals surface area contributed by atoms with Gasteiger partial charge in [0.05, 0.1) is 12.5 Å². The standard InChI is InChI=1S/C13H17N3O2/c14-12(17)8-9-4-1-2-5-10(9)16-13(18)11-6-3-7-15-11/h1-2,4-5,11,15H,3,6-8H2,(H2,14,17)(H,16,18)/t11-/m1/s1. The average molecular weight is 247 g/mol. The molecule has 5 nitrogen and oxygen atoms in total. The summed E-state index contributed by atoms with van der Waals surface area (Å²) in [7, 11) is 0. The maximum absolute atomic E-state index is 12.0. The van der Waals surface area contributed by atoms with Crippen LogP contribution in [0, 0.1) is 0 Å². The molecule has 18 heavy (non-hydrogen) atoms. The molecule has 0 saturated carbocycles. The Morgan fingerprint density at radius 3 is 2.83 bits per heavy atom. The van der Waals surface area contributed by atoms with Gasteiger partial charge in [-0.25, -0.2) is 0 Å². The molecule has 0 aliphatic carbocycles. The largest absolute Gasteiger partial charge is 0.369 e. The van der Waals surface area contributed by atoms with Crippen LogP contribution in [0.5, 0.6) is 0 Å². The highest BCUT2D eigenvalue weighted by molar-refractivity contribution is 5.96. The SMILES string of the molecule is NC(=O)Cc1ccccc1NC(=O)[C@H]1CCCN1. The molecule has 1 atom stereocenters. The van der Waals surface area contributed by atoms with Gasteiger partial charge < -0.3 is 16.4 Å². The van der Waals surface area contributed by atoms with Crippen LogP contribution in [0.2, 0.25) is 0 Å². The molecule has 1 aliphatic heterocycles. The second kappa shape index (κ2) is 5.64. The third-order valence-electron chi connectivity index (χ3n) is 3.02. The molecule has 0 unspecified atom stereocenters. The van der Waals surface area contributed by atoms with Gasteiger partial charge in [0.1, 0.15) is 0 Å². The fraction of sp³-hybridized carbons (Fsp3) is 0.385. The summed E-state index contributed by atoms with van der Waals surface area (Å²) < 4.78 is 0. The maximum atomic E-state index is 12.0. The highest BCUT2D eigenvalue weighted by atomic mass is 16.2. The molecule has 1 heterocycles. The summed E-state index contributed by atoms with van der Waals surface area (Å²) in [5.74, 6) is -0.458. The number of hydrogen-bond donors (Lipinski definition) is 3. The Labute approximate surface area is 106 Å². The van der Waals surface area contributed by atoms with Crippen molar-refractivity contribution < 1.29 is 9.59 Å². The molecule has 96 valence electrons. The summed E-state index contributed by atoms with van der Waals surface area (Å²) in [5.41, 5.74) is 6.59. The van der Waals surface area contributed by atoms with E-state index < -0.39 is 5.91 Å². The van der Waals surface area contributed by atoms with Crippen molar-refractivity contribution in [1.82, 2.24) is 5.32 Å². The molecule has 2 amide bonds. The minimum Gasteiger partial charge on any atom is -0.369 e. The van der Waals surface area contributed by atoms with Gasteiger partial charge in [-0.15, -0.1) is 0 Å². The Bertz CT molecular complexity index is 453. The Balaban J connectivity index is 2.07. The zero-order valence-electron chi connectivity index (χ0n) is 10.1. The van der Waals surface area contributed by atoms with Crippen LogP contribution in [-0.2, 0) is 16.0 Å². The van der Waals surface area contributed by atoms with Crippen molar-refractivity contribution in [2.75, 3.05) is 11.9 Å². The molecule has 1 aromatic carbocycles. The summed E-state index contributed by atoms with van der Waals surface area (Å²) in [6.07, 6.45) is 2.00. The van der Waals surface area contributed by atoms with Crippen LogP contribution in [0.25, 0.3) is 0 Å². The Morgan fingerprint density at radius 1 is 1.39 bits per heavy atom. The summed E-state index contributed by atoms with van der Waals surface area (Å²) >= 11 is 0. The van der Waals surface area contributed by atoms with Gasteiger partial charge in [-0.1, -0.05) is 18.2 Å². The van der Waals surface area contributed by atoms with Crippen LogP contribution in [0.1, 0.15) is 18.4 Å². The van der Waals surface area contributed by atoms with Gasteiger partial charge in [0.25, 0.3) is 0 Å². The Kier molecular flexibility index (Phi) is 3.94. The van der Waals surface area contributed by atoms with Gasteiger partial charge in [0.15, 0.2) is 0 Å². The molecule has 1 aromatic rings. The van der Waals surface area contributed by atoms with Gasteiger partial charge >= 0.3 is 0 Å². The zero-order chi connectivity index (χ0) is 13.0. The lowest BCUT2D eigenvalue weighted by Crippen LogP contribution is -2.35. The minimum absolute atomic E-state index is 0.0515. The summed E-state index contributed by atoms with van der Waals surface area (Å²) in [6.45, 7) is 0.876. The molecular formula is C13H17N3O2. The molecule has 1 fully saturated rings. The fourth-order valence-electron chi connectivity index (χ4n) is 2.11. The summed E-state index contributed by atoms with van der Waals surface area (Å²) in [5, 5.41) is 5.98. The normalized spacial score (nSPS) is 18.6. The van der Waals surface area contributed by atoms with E-state index in [0.717, 1.165) is 24.9 Å². The van der Waals surface area contributed by atoms with Gasteiger partial charge in [0, 0.05) is 5.69 Å². The first-order valence-electron chi connectivity index (χ1n) is 6.07. The molecule has 2 rings (SSSR count). The topological polar surface area (TPSA) is 84.2 Å². The van der Waals surface area contributed by atoms with Crippen LogP contribution < -0.4 is 16.4 Å². The van der Waals surface area contributed by atoms with Crippen molar-refractivity contribution in [2.45, 2.75) is 25.3 Å². The number of benzene rings is 1. The Morgan fingerprint density at radius 2 is 2.17 bits per heavy atom. The van der Waals surface area contributed by atoms with Crippen molar-refractivity contribution in [3.05, 3.63) is 29.8 Å². The fourth-order valence-corrected chi connectivity index (χ4v) is 2.11. The van der Waals surface area contributed by atoms with Crippen molar-refractivity contribution >= 4 is 17.5 Å². The lowest BCUT2D eigenvalue weighted by Gasteiger charge is -2.13. The number of carbonyl (C=O) groups excluding carboxylic acids is 2. The minimum atomic E-state index is -0.407. The monoisotopic (exact) mass is 247 g/mol. The average Bonchev–Trinajstić information content (AvgIpc) is 2.84. The third kappa shape index (κ3) is 3.07. The number of carbonyl (C=O) groups is 2. The van der Waals surface area contributed by atoms with Crippen molar-refractivity contribution in [1.29, 1.82) is 0 Å². The van der Waals surface area contributed by atoms with Crippen molar-refractivity contribution in [2.24, 2.45) is 5.73 Å². The smallest absolute Gasteiger partial charge is 0.241 e. The number of amides is 2. The van der Waals surface area contributed by atoms with Crippen molar-refractivity contribution in [3.8, 4) is 0 Å². The highest BCUT2D eigenvalue weighted by Gasteiger charge is 2.22. The first kappa shape index (κ1) is 12.6. The highest BCUT2D eigenvalue weighted by Crippen LogP contribution is 2.17. The van der Waals surface area contributed by atoms with E-state index in [4.69, 9.17) is 5.73 Å². The van der Waals surface area contributed by atoms with Gasteiger partial charge in [-0.2, -0.15) is 0 Å². The van der Waals surface area contributed by atoms with E-state index >= 15 is 0 Å². The maximum Gasteiger partial charge on any atom is 0.241 e. The van der Waals surface area contributed by atoms with E-state index in [2.05, 4.69) is 10.6 Å². The number of rotatable bonds is 4. The second-order valence-corrected chi connectivity index (χ2v) is 4.44. The third-order valence-corrected chi connectivity index (χ3v) is 3.02. The molecule has 1 aliphatic rings. The molecule has 1 saturated heterocycles. The van der Waals surface area contributed by atoms with Crippen molar-refractivity contribution in [3.63, 3.8) is 0 Å². The summed E-state index contributed by atoms with van der Waals surface area (Å²) in [4.78, 5) is 22.9. The van der Waals surface area contributed by atoms with Crippen LogP contribution in [0.4, 0.5) is 5.69 Å². The van der Waals surface area contributed by atoms with E-state index in [1.54, 1.807) is 12.1 Å². The quantitative estimate of drug-likeness (QED) is 0.720. The number of primary amides is 1. The van der Waals surface area contributed by atoms with E-state index in [-0.39, 0.29) is 18.4 Å². The second-order valence-electron chi connectivity index (χ2n) is 4.44. The van der Waals surface area contributed by atoms with E-state index in [0.29, 0.717) is 5.69 Å². The number of para-hydroxylation sites is 1. The number of nitrogens with two attached hydrogens (primary N) is 1. The van der Waals surface area contributed by atoms with E-state index in [1.165, 1.54) is 0 Å². The molecule has 4 N–H and O–H groups in total. The molecule has 0 radical (unpaired) electrons. The first-order chi connectivity index (χ1) is 8.66. The van der Waals surface area contributed by atoms with Gasteiger partial charge in [-0.05, 0) is 31.0 Å². The lowest BCUT2D eigenvalue weighted by atomic mass is 10.1. The van der Waals surface area contributed by atoms with Crippen LogP contribution in [0.15, 0.2) is 24.3 Å². The van der Waals surface area contributed by atoms with E-state index in [1.807, 2.05) is 12.1 Å². The lowest BCUT2D eigenvalue weighted by molar-refractivity contribution is -0.118. The molecule has 0 bridgehead atoms. The first-order valence-corrected chi connectivity index (χ1v) is 6.07. The van der Waals surface area contributed by atoms with Gasteiger partial charge in [-0.3, -0.25) is 9.59 Å². The Hall–Kier alpha value is -1.88. The van der Waals surface area contributed by atoms with E-state index in [9.17, 15) is 9.59 Å². The number of anilines is 1. The zero-order valence-corrected chi connectivity index (χ0v) is 10.1. The van der Waals surface area contributed by atoms with Crippen LogP contribution >= 0.6 is 0 Å².